The molecule has 1 heterocycles. The predicted molar refractivity (Wildman–Crippen MR) is 67.9 cm³/mol. The minimum absolute atomic E-state index is 0.203. The molecular weight excluding hydrogens is 230 g/mol. The average molecular weight is 243 g/mol. The smallest absolute Gasteiger partial charge is 0.341 e. The van der Waals surface area contributed by atoms with Gasteiger partial charge >= 0.3 is 5.97 Å². The summed E-state index contributed by atoms with van der Waals surface area (Å²) in [7, 11) is 0. The Bertz CT molecular complexity index is 643. The van der Waals surface area contributed by atoms with Crippen LogP contribution in [0.2, 0.25) is 0 Å². The van der Waals surface area contributed by atoms with E-state index in [0.29, 0.717) is 6.54 Å². The molecule has 0 aliphatic carbocycles. The number of pyridine rings is 1. The molecule has 0 atom stereocenters. The number of nitrogens with zero attached hydrogens (tertiary/aromatic N) is 1. The molecule has 4 heteroatoms. The molecule has 4 nitrogen and oxygen atoms in total. The van der Waals surface area contributed by atoms with Crippen LogP contribution in [-0.2, 0) is 6.54 Å². The molecular formula is C14H13NO3. The number of rotatable bonds is 3. The minimum atomic E-state index is -1.20. The Hall–Kier alpha value is -2.36. The topological polar surface area (TPSA) is 59.3 Å². The van der Waals surface area contributed by atoms with Crippen molar-refractivity contribution in [3.05, 3.63) is 69.6 Å². The summed E-state index contributed by atoms with van der Waals surface area (Å²) in [6.45, 7) is 2.34. The van der Waals surface area contributed by atoms with E-state index in [1.165, 1.54) is 10.6 Å². The molecule has 0 amide bonds. The molecule has 2 aromatic rings. The van der Waals surface area contributed by atoms with Crippen molar-refractivity contribution in [2.75, 3.05) is 0 Å². The Balaban J connectivity index is 2.42. The van der Waals surface area contributed by atoms with Gasteiger partial charge in [0.15, 0.2) is 0 Å². The van der Waals surface area contributed by atoms with Crippen LogP contribution < -0.4 is 5.56 Å². The van der Waals surface area contributed by atoms with Gasteiger partial charge in [0.2, 0.25) is 0 Å². The first-order valence-electron chi connectivity index (χ1n) is 5.57. The number of hydrogen-bond acceptors (Lipinski definition) is 2. The van der Waals surface area contributed by atoms with Gasteiger partial charge in [0, 0.05) is 6.20 Å². The lowest BCUT2D eigenvalue weighted by Gasteiger charge is -2.08. The summed E-state index contributed by atoms with van der Waals surface area (Å²) in [4.78, 5) is 22.8. The molecule has 1 N–H and O–H groups in total. The van der Waals surface area contributed by atoms with Crippen LogP contribution >= 0.6 is 0 Å². The van der Waals surface area contributed by atoms with Crippen LogP contribution in [0.4, 0.5) is 0 Å². The highest BCUT2D eigenvalue weighted by Gasteiger charge is 2.10. The molecule has 92 valence electrons. The van der Waals surface area contributed by atoms with E-state index in [4.69, 9.17) is 5.11 Å². The SMILES string of the molecule is Cc1ccccc1Cn1cccc(C(=O)O)c1=O. The van der Waals surface area contributed by atoms with Gasteiger partial charge in [0.05, 0.1) is 6.54 Å². The van der Waals surface area contributed by atoms with Crippen LogP contribution in [0.1, 0.15) is 21.5 Å². The van der Waals surface area contributed by atoms with E-state index in [0.717, 1.165) is 11.1 Å². The fourth-order valence-corrected chi connectivity index (χ4v) is 1.80. The summed E-state index contributed by atoms with van der Waals surface area (Å²) in [6.07, 6.45) is 1.60. The Morgan fingerprint density at radius 1 is 1.22 bits per heavy atom. The first kappa shape index (κ1) is 12.1. The van der Waals surface area contributed by atoms with Crippen molar-refractivity contribution < 1.29 is 9.90 Å². The molecule has 1 aromatic carbocycles. The average Bonchev–Trinajstić information content (AvgIpc) is 2.34. The quantitative estimate of drug-likeness (QED) is 0.895. The molecule has 0 unspecified atom stereocenters. The minimum Gasteiger partial charge on any atom is -0.477 e. The highest BCUT2D eigenvalue weighted by Crippen LogP contribution is 2.08. The first-order chi connectivity index (χ1) is 8.59. The third kappa shape index (κ3) is 2.32. The molecule has 1 aromatic heterocycles. The Morgan fingerprint density at radius 2 is 1.94 bits per heavy atom. The second-order valence-electron chi connectivity index (χ2n) is 4.09. The monoisotopic (exact) mass is 243 g/mol. The summed E-state index contributed by atoms with van der Waals surface area (Å²) in [5.41, 5.74) is 1.40. The van der Waals surface area contributed by atoms with Gasteiger partial charge in [-0.15, -0.1) is 0 Å². The highest BCUT2D eigenvalue weighted by atomic mass is 16.4. The normalized spacial score (nSPS) is 10.3. The van der Waals surface area contributed by atoms with E-state index in [1.807, 2.05) is 31.2 Å². The summed E-state index contributed by atoms with van der Waals surface area (Å²) < 4.78 is 1.41. The Morgan fingerprint density at radius 3 is 2.61 bits per heavy atom. The predicted octanol–water partition coefficient (Wildman–Crippen LogP) is 1.90. The van der Waals surface area contributed by atoms with E-state index in [1.54, 1.807) is 12.3 Å². The molecule has 0 spiro atoms. The van der Waals surface area contributed by atoms with E-state index in [9.17, 15) is 9.59 Å². The highest BCUT2D eigenvalue weighted by molar-refractivity contribution is 5.86. The maximum Gasteiger partial charge on any atom is 0.341 e. The lowest BCUT2D eigenvalue weighted by atomic mass is 10.1. The zero-order valence-corrected chi connectivity index (χ0v) is 9.96. The molecule has 0 saturated heterocycles. The number of benzene rings is 1. The number of carboxylic acid groups (broad SMARTS) is 1. The largest absolute Gasteiger partial charge is 0.477 e. The maximum absolute atomic E-state index is 11.9. The Kier molecular flexibility index (Phi) is 3.28. The van der Waals surface area contributed by atoms with Gasteiger partial charge in [-0.2, -0.15) is 0 Å². The second kappa shape index (κ2) is 4.87. The van der Waals surface area contributed by atoms with Crippen molar-refractivity contribution in [2.24, 2.45) is 0 Å². The first-order valence-corrected chi connectivity index (χ1v) is 5.57. The van der Waals surface area contributed by atoms with Crippen LogP contribution in [0.3, 0.4) is 0 Å². The molecule has 0 bridgehead atoms. The van der Waals surface area contributed by atoms with Crippen molar-refractivity contribution in [1.82, 2.24) is 4.57 Å². The van der Waals surface area contributed by atoms with Crippen LogP contribution in [0.25, 0.3) is 0 Å². The van der Waals surface area contributed by atoms with E-state index < -0.39 is 11.5 Å². The van der Waals surface area contributed by atoms with Crippen LogP contribution in [0.15, 0.2) is 47.4 Å². The number of aromatic nitrogens is 1. The maximum atomic E-state index is 11.9. The zero-order valence-electron chi connectivity index (χ0n) is 9.96. The summed E-state index contributed by atoms with van der Waals surface area (Å²) in [5, 5.41) is 8.90. The third-order valence-corrected chi connectivity index (χ3v) is 2.85. The van der Waals surface area contributed by atoms with Crippen LogP contribution in [0.5, 0.6) is 0 Å². The van der Waals surface area contributed by atoms with E-state index in [-0.39, 0.29) is 5.56 Å². The third-order valence-electron chi connectivity index (χ3n) is 2.85. The molecule has 0 fully saturated rings. The van der Waals surface area contributed by atoms with Crippen molar-refractivity contribution in [3.8, 4) is 0 Å². The van der Waals surface area contributed by atoms with Crippen molar-refractivity contribution in [2.45, 2.75) is 13.5 Å². The van der Waals surface area contributed by atoms with E-state index >= 15 is 0 Å². The molecule has 0 aliphatic rings. The van der Waals surface area contributed by atoms with Crippen molar-refractivity contribution in [1.29, 1.82) is 0 Å². The number of carbonyl (C=O) groups is 1. The lowest BCUT2D eigenvalue weighted by molar-refractivity contribution is 0.0694. The molecule has 2 rings (SSSR count). The van der Waals surface area contributed by atoms with Gasteiger partial charge in [-0.3, -0.25) is 4.79 Å². The number of aromatic carboxylic acids is 1. The summed E-state index contributed by atoms with van der Waals surface area (Å²) in [5.74, 6) is -1.20. The van der Waals surface area contributed by atoms with Gasteiger partial charge in [-0.25, -0.2) is 4.79 Å². The second-order valence-corrected chi connectivity index (χ2v) is 4.09. The number of aryl methyl sites for hydroxylation is 1. The van der Waals surface area contributed by atoms with Gasteiger partial charge in [-0.1, -0.05) is 24.3 Å². The van der Waals surface area contributed by atoms with E-state index in [2.05, 4.69) is 0 Å². The lowest BCUT2D eigenvalue weighted by Crippen LogP contribution is -2.26. The van der Waals surface area contributed by atoms with Gasteiger partial charge in [-0.05, 0) is 30.2 Å². The summed E-state index contributed by atoms with van der Waals surface area (Å²) in [6, 6.07) is 10.6. The van der Waals surface area contributed by atoms with Gasteiger partial charge in [0.1, 0.15) is 5.56 Å². The zero-order chi connectivity index (χ0) is 13.1. The summed E-state index contributed by atoms with van der Waals surface area (Å²) >= 11 is 0. The van der Waals surface area contributed by atoms with Crippen LogP contribution in [-0.4, -0.2) is 15.6 Å². The standard InChI is InChI=1S/C14H13NO3/c1-10-5-2-3-6-11(10)9-15-8-4-7-12(13(15)16)14(17)18/h2-8H,9H2,1H3,(H,17,18). The van der Waals surface area contributed by atoms with Gasteiger partial charge < -0.3 is 9.67 Å². The van der Waals surface area contributed by atoms with Crippen molar-refractivity contribution in [3.63, 3.8) is 0 Å². The number of carboxylic acids is 1. The number of hydrogen-bond donors (Lipinski definition) is 1. The van der Waals surface area contributed by atoms with Crippen molar-refractivity contribution >= 4 is 5.97 Å². The van der Waals surface area contributed by atoms with Crippen LogP contribution in [0, 0.1) is 6.92 Å². The fraction of sp³-hybridized carbons (Fsp3) is 0.143. The molecule has 0 saturated carbocycles. The molecule has 18 heavy (non-hydrogen) atoms. The van der Waals surface area contributed by atoms with Gasteiger partial charge in [0.25, 0.3) is 5.56 Å². The Labute approximate surface area is 104 Å². The molecule has 0 radical (unpaired) electrons. The fourth-order valence-electron chi connectivity index (χ4n) is 1.80. The molecule has 0 aliphatic heterocycles.